The van der Waals surface area contributed by atoms with Crippen LogP contribution in [0.2, 0.25) is 0 Å². The lowest BCUT2D eigenvalue weighted by atomic mass is 9.69. The molecular formula is C17H22N4OS. The number of amides is 1. The molecule has 1 aliphatic heterocycles. The summed E-state index contributed by atoms with van der Waals surface area (Å²) in [5, 5.41) is 4.89. The minimum atomic E-state index is 0.00166. The quantitative estimate of drug-likeness (QED) is 0.919. The molecule has 2 unspecified atom stereocenters. The van der Waals surface area contributed by atoms with E-state index in [2.05, 4.69) is 24.1 Å². The molecule has 2 atom stereocenters. The fraction of sp³-hybridized carbons (Fsp3) is 0.588. The third-order valence-electron chi connectivity index (χ3n) is 5.59. The summed E-state index contributed by atoms with van der Waals surface area (Å²) >= 11 is 1.73. The largest absolute Gasteiger partial charge is 0.362 e. The van der Waals surface area contributed by atoms with Gasteiger partial charge in [0.1, 0.15) is 16.5 Å². The molecule has 4 rings (SSSR count). The van der Waals surface area contributed by atoms with E-state index < -0.39 is 0 Å². The second-order valence-electron chi connectivity index (χ2n) is 7.00. The van der Waals surface area contributed by atoms with Crippen LogP contribution in [0, 0.1) is 26.7 Å². The van der Waals surface area contributed by atoms with Gasteiger partial charge in [0, 0.05) is 30.8 Å². The van der Waals surface area contributed by atoms with Crippen LogP contribution in [0.4, 0.5) is 5.82 Å². The van der Waals surface area contributed by atoms with Crippen molar-refractivity contribution in [2.75, 3.05) is 18.4 Å². The normalized spacial score (nSPS) is 26.3. The van der Waals surface area contributed by atoms with Crippen molar-refractivity contribution in [1.82, 2.24) is 14.9 Å². The van der Waals surface area contributed by atoms with Gasteiger partial charge in [-0.15, -0.1) is 11.3 Å². The summed E-state index contributed by atoms with van der Waals surface area (Å²) in [5.74, 6) is 2.46. The maximum Gasteiger partial charge on any atom is 0.219 e. The van der Waals surface area contributed by atoms with Gasteiger partial charge in [-0.05, 0) is 39.2 Å². The Balaban J connectivity index is 1.75. The van der Waals surface area contributed by atoms with Crippen LogP contribution >= 0.6 is 11.3 Å². The number of hydrogen-bond donors (Lipinski definition) is 1. The lowest BCUT2D eigenvalue weighted by Gasteiger charge is -2.45. The zero-order valence-electron chi connectivity index (χ0n) is 14.1. The van der Waals surface area contributed by atoms with Gasteiger partial charge >= 0.3 is 0 Å². The van der Waals surface area contributed by atoms with Gasteiger partial charge in [-0.2, -0.15) is 0 Å². The van der Waals surface area contributed by atoms with Crippen LogP contribution in [0.5, 0.6) is 0 Å². The van der Waals surface area contributed by atoms with Gasteiger partial charge in [-0.1, -0.05) is 0 Å². The number of rotatable bonds is 2. The number of likely N-dealkylation sites (tertiary alicyclic amines) is 1. The maximum absolute atomic E-state index is 11.8. The highest BCUT2D eigenvalue weighted by Gasteiger charge is 2.54. The van der Waals surface area contributed by atoms with Gasteiger partial charge in [0.15, 0.2) is 0 Å². The van der Waals surface area contributed by atoms with Crippen molar-refractivity contribution in [3.05, 3.63) is 16.3 Å². The van der Waals surface area contributed by atoms with E-state index in [0.717, 1.165) is 41.4 Å². The summed E-state index contributed by atoms with van der Waals surface area (Å²) < 4.78 is 0. The third-order valence-corrected chi connectivity index (χ3v) is 6.69. The lowest BCUT2D eigenvalue weighted by Crippen LogP contribution is -2.53. The molecule has 0 spiro atoms. The Hall–Kier alpha value is -1.69. The van der Waals surface area contributed by atoms with E-state index in [0.29, 0.717) is 5.92 Å². The van der Waals surface area contributed by atoms with E-state index in [1.54, 1.807) is 18.3 Å². The second kappa shape index (κ2) is 4.90. The zero-order chi connectivity index (χ0) is 16.4. The standard InChI is InChI=1S/C17H22N4OS/c1-9-10(2)23-16-14(9)15(18-11(3)19-16)20-17-6-5-13(17)7-21(8-17)12(4)22/h13H,5-8H2,1-4H3,(H,18,19,20). The van der Waals surface area contributed by atoms with Crippen molar-refractivity contribution in [3.8, 4) is 0 Å². The molecule has 2 aliphatic rings. The summed E-state index contributed by atoms with van der Waals surface area (Å²) in [6.07, 6.45) is 2.29. The number of aromatic nitrogens is 2. The maximum atomic E-state index is 11.8. The average molecular weight is 330 g/mol. The fourth-order valence-electron chi connectivity index (χ4n) is 3.97. The summed E-state index contributed by atoms with van der Waals surface area (Å²) in [6.45, 7) is 9.55. The molecule has 0 bridgehead atoms. The number of anilines is 1. The van der Waals surface area contributed by atoms with Crippen LogP contribution in [0.15, 0.2) is 0 Å². The number of nitrogens with one attached hydrogen (secondary N) is 1. The molecule has 122 valence electrons. The van der Waals surface area contributed by atoms with Crippen LogP contribution in [0.1, 0.15) is 36.0 Å². The Morgan fingerprint density at radius 3 is 2.78 bits per heavy atom. The predicted molar refractivity (Wildman–Crippen MR) is 93.0 cm³/mol. The highest BCUT2D eigenvalue weighted by molar-refractivity contribution is 7.18. The lowest BCUT2D eigenvalue weighted by molar-refractivity contribution is -0.127. The molecule has 2 aromatic heterocycles. The van der Waals surface area contributed by atoms with Gasteiger partial charge in [0.05, 0.1) is 10.9 Å². The van der Waals surface area contributed by atoms with E-state index >= 15 is 0 Å². The smallest absolute Gasteiger partial charge is 0.219 e. The second-order valence-corrected chi connectivity index (χ2v) is 8.20. The Morgan fingerprint density at radius 1 is 1.35 bits per heavy atom. The molecule has 1 N–H and O–H groups in total. The van der Waals surface area contributed by atoms with E-state index in [9.17, 15) is 4.79 Å². The van der Waals surface area contributed by atoms with Crippen molar-refractivity contribution < 1.29 is 4.79 Å². The van der Waals surface area contributed by atoms with E-state index in [1.807, 2.05) is 11.8 Å². The monoisotopic (exact) mass is 330 g/mol. The first-order valence-electron chi connectivity index (χ1n) is 8.18. The molecule has 0 radical (unpaired) electrons. The van der Waals surface area contributed by atoms with Crippen LogP contribution in [-0.4, -0.2) is 39.4 Å². The summed E-state index contributed by atoms with van der Waals surface area (Å²) in [4.78, 5) is 25.4. The molecule has 23 heavy (non-hydrogen) atoms. The van der Waals surface area contributed by atoms with Gasteiger partial charge in [-0.25, -0.2) is 9.97 Å². The molecule has 0 aromatic carbocycles. The first-order chi connectivity index (χ1) is 10.9. The number of aryl methyl sites for hydroxylation is 3. The van der Waals surface area contributed by atoms with E-state index in [1.165, 1.54) is 16.9 Å². The van der Waals surface area contributed by atoms with Gasteiger partial charge in [0.25, 0.3) is 0 Å². The molecule has 2 fully saturated rings. The van der Waals surface area contributed by atoms with Gasteiger partial charge in [0.2, 0.25) is 5.91 Å². The number of carbonyl (C=O) groups excluding carboxylic acids is 1. The zero-order valence-corrected chi connectivity index (χ0v) is 14.9. The number of hydrogen-bond acceptors (Lipinski definition) is 5. The van der Waals surface area contributed by atoms with Crippen molar-refractivity contribution in [2.45, 2.75) is 46.1 Å². The van der Waals surface area contributed by atoms with Crippen molar-refractivity contribution in [2.24, 2.45) is 5.92 Å². The molecule has 1 aliphatic carbocycles. The molecule has 1 saturated carbocycles. The summed E-state index contributed by atoms with van der Waals surface area (Å²) in [5.41, 5.74) is 1.27. The predicted octanol–water partition coefficient (Wildman–Crippen LogP) is 3.04. The van der Waals surface area contributed by atoms with Crippen molar-refractivity contribution >= 4 is 33.3 Å². The molecule has 1 amide bonds. The van der Waals surface area contributed by atoms with Gasteiger partial charge in [-0.3, -0.25) is 4.79 Å². The van der Waals surface area contributed by atoms with Crippen LogP contribution < -0.4 is 5.32 Å². The topological polar surface area (TPSA) is 58.1 Å². The Bertz CT molecular complexity index is 815. The molecular weight excluding hydrogens is 308 g/mol. The van der Waals surface area contributed by atoms with E-state index in [4.69, 9.17) is 4.98 Å². The first-order valence-corrected chi connectivity index (χ1v) is 8.99. The fourth-order valence-corrected chi connectivity index (χ4v) is 5.04. The number of thiophene rings is 1. The Labute approximate surface area is 140 Å². The number of carbonyl (C=O) groups is 1. The van der Waals surface area contributed by atoms with Crippen molar-refractivity contribution in [1.29, 1.82) is 0 Å². The highest BCUT2D eigenvalue weighted by atomic mass is 32.1. The Morgan fingerprint density at radius 2 is 2.13 bits per heavy atom. The summed E-state index contributed by atoms with van der Waals surface area (Å²) in [6, 6.07) is 0. The summed E-state index contributed by atoms with van der Waals surface area (Å²) in [7, 11) is 0. The molecule has 6 heteroatoms. The minimum absolute atomic E-state index is 0.00166. The highest BCUT2D eigenvalue weighted by Crippen LogP contribution is 2.47. The molecule has 5 nitrogen and oxygen atoms in total. The minimum Gasteiger partial charge on any atom is -0.362 e. The Kier molecular flexibility index (Phi) is 3.17. The van der Waals surface area contributed by atoms with Crippen LogP contribution in [0.25, 0.3) is 10.2 Å². The average Bonchev–Trinajstić information content (AvgIpc) is 2.87. The molecule has 1 saturated heterocycles. The third kappa shape index (κ3) is 2.15. The molecule has 3 heterocycles. The first kappa shape index (κ1) is 14.9. The number of nitrogens with zero attached hydrogens (tertiary/aromatic N) is 3. The van der Waals surface area contributed by atoms with Crippen LogP contribution in [0.3, 0.4) is 0 Å². The van der Waals surface area contributed by atoms with Crippen LogP contribution in [-0.2, 0) is 4.79 Å². The van der Waals surface area contributed by atoms with E-state index in [-0.39, 0.29) is 11.4 Å². The molecule has 2 aromatic rings. The number of fused-ring (bicyclic) bond motifs is 2. The van der Waals surface area contributed by atoms with Crippen molar-refractivity contribution in [3.63, 3.8) is 0 Å². The SMILES string of the molecule is CC(=O)N1CC2CCC2(Nc2nc(C)nc3sc(C)c(C)c23)C1. The van der Waals surface area contributed by atoms with Gasteiger partial charge < -0.3 is 10.2 Å².